The molecule has 1 aromatic rings. The number of amides is 1. The van der Waals surface area contributed by atoms with Crippen LogP contribution in [0.25, 0.3) is 0 Å². The van der Waals surface area contributed by atoms with Gasteiger partial charge in [-0.25, -0.2) is 0 Å². The van der Waals surface area contributed by atoms with Crippen molar-refractivity contribution in [3.8, 4) is 11.5 Å². The van der Waals surface area contributed by atoms with Gasteiger partial charge in [0.15, 0.2) is 11.5 Å². The minimum absolute atomic E-state index is 0.104. The molecule has 5 heteroatoms. The van der Waals surface area contributed by atoms with E-state index >= 15 is 0 Å². The Morgan fingerprint density at radius 2 is 2.05 bits per heavy atom. The van der Waals surface area contributed by atoms with Crippen LogP contribution in [-0.2, 0) is 4.79 Å². The fourth-order valence-electron chi connectivity index (χ4n) is 2.33. The van der Waals surface area contributed by atoms with E-state index in [1.165, 1.54) is 0 Å². The van der Waals surface area contributed by atoms with Gasteiger partial charge in [0.1, 0.15) is 0 Å². The van der Waals surface area contributed by atoms with Crippen LogP contribution < -0.4 is 19.7 Å². The van der Waals surface area contributed by atoms with Gasteiger partial charge in [-0.2, -0.15) is 0 Å². The summed E-state index contributed by atoms with van der Waals surface area (Å²) < 4.78 is 10.7. The third kappa shape index (κ3) is 2.20. The van der Waals surface area contributed by atoms with Crippen LogP contribution in [0.2, 0.25) is 0 Å². The van der Waals surface area contributed by atoms with Gasteiger partial charge in [0, 0.05) is 18.7 Å². The van der Waals surface area contributed by atoms with Crippen LogP contribution in [0.15, 0.2) is 12.1 Å². The Morgan fingerprint density at radius 3 is 2.79 bits per heavy atom. The standard InChI is InChI=1S/C14H18N2O3/c1-9(2)3-4-16-11-6-13-12(18-8-19-13)5-10(11)15-7-14(16)17/h5-6,9,15H,3-4,7-8H2,1-2H3. The predicted molar refractivity (Wildman–Crippen MR) is 72.9 cm³/mol. The zero-order valence-electron chi connectivity index (χ0n) is 11.2. The van der Waals surface area contributed by atoms with Gasteiger partial charge in [0.05, 0.1) is 17.9 Å². The van der Waals surface area contributed by atoms with Crippen molar-refractivity contribution in [2.75, 3.05) is 30.1 Å². The molecule has 0 atom stereocenters. The number of ether oxygens (including phenoxy) is 2. The zero-order chi connectivity index (χ0) is 13.4. The molecule has 19 heavy (non-hydrogen) atoms. The second kappa shape index (κ2) is 4.64. The van der Waals surface area contributed by atoms with Crippen LogP contribution >= 0.6 is 0 Å². The Balaban J connectivity index is 1.92. The van der Waals surface area contributed by atoms with E-state index in [1.807, 2.05) is 17.0 Å². The summed E-state index contributed by atoms with van der Waals surface area (Å²) in [5.41, 5.74) is 1.83. The highest BCUT2D eigenvalue weighted by molar-refractivity contribution is 6.03. The van der Waals surface area contributed by atoms with Gasteiger partial charge >= 0.3 is 0 Å². The lowest BCUT2D eigenvalue weighted by Crippen LogP contribution is -2.40. The van der Waals surface area contributed by atoms with Crippen molar-refractivity contribution in [2.45, 2.75) is 20.3 Å². The van der Waals surface area contributed by atoms with Crippen molar-refractivity contribution in [1.29, 1.82) is 0 Å². The molecule has 5 nitrogen and oxygen atoms in total. The Hall–Kier alpha value is -1.91. The van der Waals surface area contributed by atoms with Gasteiger partial charge in [-0.15, -0.1) is 0 Å². The molecule has 3 rings (SSSR count). The molecule has 0 aromatic heterocycles. The lowest BCUT2D eigenvalue weighted by Gasteiger charge is -2.30. The van der Waals surface area contributed by atoms with Gasteiger partial charge in [0.25, 0.3) is 0 Å². The maximum absolute atomic E-state index is 12.1. The summed E-state index contributed by atoms with van der Waals surface area (Å²) >= 11 is 0. The molecule has 0 bridgehead atoms. The average Bonchev–Trinajstić information content (AvgIpc) is 2.82. The SMILES string of the molecule is CC(C)CCN1C(=O)CNc2cc3c(cc21)OCO3. The minimum Gasteiger partial charge on any atom is -0.454 e. The molecule has 0 fully saturated rings. The molecule has 0 aliphatic carbocycles. The highest BCUT2D eigenvalue weighted by Gasteiger charge is 2.27. The van der Waals surface area contributed by atoms with E-state index < -0.39 is 0 Å². The first-order valence-corrected chi connectivity index (χ1v) is 6.63. The third-order valence-electron chi connectivity index (χ3n) is 3.44. The van der Waals surface area contributed by atoms with Gasteiger partial charge < -0.3 is 19.7 Å². The quantitative estimate of drug-likeness (QED) is 0.907. The minimum atomic E-state index is 0.104. The maximum atomic E-state index is 12.1. The Kier molecular flexibility index (Phi) is 2.97. The first-order chi connectivity index (χ1) is 9.15. The molecule has 1 amide bonds. The number of carbonyl (C=O) groups is 1. The molecule has 2 aliphatic heterocycles. The number of nitrogens with zero attached hydrogens (tertiary/aromatic N) is 1. The van der Waals surface area contributed by atoms with Crippen LogP contribution in [0.4, 0.5) is 11.4 Å². The van der Waals surface area contributed by atoms with Crippen molar-refractivity contribution in [1.82, 2.24) is 0 Å². The number of hydrogen-bond acceptors (Lipinski definition) is 4. The summed E-state index contributed by atoms with van der Waals surface area (Å²) in [5, 5.41) is 3.13. The van der Waals surface area contributed by atoms with Crippen LogP contribution in [-0.4, -0.2) is 25.8 Å². The Labute approximate surface area is 112 Å². The molecule has 1 aromatic carbocycles. The summed E-state index contributed by atoms with van der Waals surface area (Å²) in [6.45, 7) is 5.65. The highest BCUT2D eigenvalue weighted by atomic mass is 16.7. The number of carbonyl (C=O) groups excluding carboxylic acids is 1. The monoisotopic (exact) mass is 262 g/mol. The number of hydrogen-bond donors (Lipinski definition) is 1. The fourth-order valence-corrected chi connectivity index (χ4v) is 2.33. The first kappa shape index (κ1) is 12.1. The van der Waals surface area contributed by atoms with E-state index in [-0.39, 0.29) is 12.7 Å². The van der Waals surface area contributed by atoms with Crippen LogP contribution in [0.5, 0.6) is 11.5 Å². The van der Waals surface area contributed by atoms with Crippen LogP contribution in [0, 0.1) is 5.92 Å². The van der Waals surface area contributed by atoms with Gasteiger partial charge in [0.2, 0.25) is 12.7 Å². The zero-order valence-corrected chi connectivity index (χ0v) is 11.2. The van der Waals surface area contributed by atoms with Crippen molar-refractivity contribution in [3.63, 3.8) is 0 Å². The predicted octanol–water partition coefficient (Wildman–Crippen LogP) is 2.22. The summed E-state index contributed by atoms with van der Waals surface area (Å²) in [6, 6.07) is 3.80. The van der Waals surface area contributed by atoms with Crippen molar-refractivity contribution < 1.29 is 14.3 Å². The molecule has 0 radical (unpaired) electrons. The molecule has 0 spiro atoms. The van der Waals surface area contributed by atoms with Crippen molar-refractivity contribution in [2.24, 2.45) is 5.92 Å². The van der Waals surface area contributed by atoms with E-state index in [0.29, 0.717) is 18.2 Å². The summed E-state index contributed by atoms with van der Waals surface area (Å²) in [6.07, 6.45) is 0.986. The Bertz CT molecular complexity index is 514. The number of fused-ring (bicyclic) bond motifs is 2. The summed E-state index contributed by atoms with van der Waals surface area (Å²) in [7, 11) is 0. The first-order valence-electron chi connectivity index (χ1n) is 6.63. The van der Waals surface area contributed by atoms with Gasteiger partial charge in [-0.1, -0.05) is 13.8 Å². The normalized spacial score (nSPS) is 16.6. The summed E-state index contributed by atoms with van der Waals surface area (Å²) in [5.74, 6) is 2.13. The Morgan fingerprint density at radius 1 is 1.32 bits per heavy atom. The second-order valence-corrected chi connectivity index (χ2v) is 5.30. The molecule has 1 N–H and O–H groups in total. The number of rotatable bonds is 3. The number of anilines is 2. The molecular weight excluding hydrogens is 244 g/mol. The fraction of sp³-hybridized carbons (Fsp3) is 0.500. The van der Waals surface area contributed by atoms with Gasteiger partial charge in [-0.3, -0.25) is 4.79 Å². The third-order valence-corrected chi connectivity index (χ3v) is 3.44. The second-order valence-electron chi connectivity index (χ2n) is 5.30. The van der Waals surface area contributed by atoms with Crippen molar-refractivity contribution in [3.05, 3.63) is 12.1 Å². The molecule has 2 heterocycles. The largest absolute Gasteiger partial charge is 0.454 e. The van der Waals surface area contributed by atoms with Gasteiger partial charge in [-0.05, 0) is 12.3 Å². The lowest BCUT2D eigenvalue weighted by molar-refractivity contribution is -0.117. The maximum Gasteiger partial charge on any atom is 0.246 e. The number of benzene rings is 1. The molecular formula is C14H18N2O3. The van der Waals surface area contributed by atoms with E-state index in [1.54, 1.807) is 0 Å². The highest BCUT2D eigenvalue weighted by Crippen LogP contribution is 2.42. The molecule has 0 saturated carbocycles. The van der Waals surface area contributed by atoms with E-state index in [4.69, 9.17) is 9.47 Å². The molecule has 0 unspecified atom stereocenters. The average molecular weight is 262 g/mol. The topological polar surface area (TPSA) is 50.8 Å². The number of nitrogens with one attached hydrogen (secondary N) is 1. The van der Waals surface area contributed by atoms with Crippen LogP contribution in [0.1, 0.15) is 20.3 Å². The van der Waals surface area contributed by atoms with E-state index in [0.717, 1.165) is 30.1 Å². The molecule has 2 aliphatic rings. The van der Waals surface area contributed by atoms with E-state index in [2.05, 4.69) is 19.2 Å². The smallest absolute Gasteiger partial charge is 0.246 e. The molecule has 102 valence electrons. The van der Waals surface area contributed by atoms with Crippen molar-refractivity contribution >= 4 is 17.3 Å². The summed E-state index contributed by atoms with van der Waals surface area (Å²) in [4.78, 5) is 13.9. The lowest BCUT2D eigenvalue weighted by atomic mass is 10.1. The van der Waals surface area contributed by atoms with E-state index in [9.17, 15) is 4.79 Å². The molecule has 0 saturated heterocycles. The van der Waals surface area contributed by atoms with Crippen LogP contribution in [0.3, 0.4) is 0 Å².